The number of carbonyl (C=O) groups excluding carboxylic acids is 1. The Balaban J connectivity index is 1.54. The molecule has 23 heavy (non-hydrogen) atoms. The third-order valence-corrected chi connectivity index (χ3v) is 4.14. The van der Waals surface area contributed by atoms with Crippen LogP contribution in [0.2, 0.25) is 5.02 Å². The molecule has 0 bridgehead atoms. The van der Waals surface area contributed by atoms with Gasteiger partial charge < -0.3 is 19.5 Å². The van der Waals surface area contributed by atoms with E-state index in [1.165, 1.54) is 6.26 Å². The van der Waals surface area contributed by atoms with E-state index in [9.17, 15) is 4.79 Å². The van der Waals surface area contributed by atoms with Crippen molar-refractivity contribution in [3.8, 4) is 0 Å². The molecule has 0 spiro atoms. The zero-order valence-electron chi connectivity index (χ0n) is 12.2. The molecule has 8 heteroatoms. The van der Waals surface area contributed by atoms with Gasteiger partial charge >= 0.3 is 0 Å². The highest BCUT2D eigenvalue weighted by Gasteiger charge is 2.24. The van der Waals surface area contributed by atoms with E-state index in [-0.39, 0.29) is 5.91 Å². The average molecular weight is 351 g/mol. The van der Waals surface area contributed by atoms with Crippen LogP contribution in [0.25, 0.3) is 0 Å². The Morgan fingerprint density at radius 3 is 2.65 bits per heavy atom. The quantitative estimate of drug-likeness (QED) is 0.840. The Morgan fingerprint density at radius 2 is 2.00 bits per heavy atom. The van der Waals surface area contributed by atoms with E-state index in [0.29, 0.717) is 47.9 Å². The zero-order valence-corrected chi connectivity index (χ0v) is 13.8. The largest absolute Gasteiger partial charge is 0.459 e. The fraction of sp³-hybridized carbons (Fsp3) is 0.267. The molecule has 1 saturated heterocycles. The van der Waals surface area contributed by atoms with Gasteiger partial charge in [-0.15, -0.1) is 0 Å². The van der Waals surface area contributed by atoms with Gasteiger partial charge in [-0.3, -0.25) is 4.79 Å². The maximum Gasteiger partial charge on any atom is 0.289 e. The van der Waals surface area contributed by atoms with Crippen molar-refractivity contribution < 1.29 is 9.21 Å². The third kappa shape index (κ3) is 3.80. The highest BCUT2D eigenvalue weighted by atomic mass is 35.5. The standard InChI is InChI=1S/C15H15ClN4O2S/c16-11-3-4-17-13(10-11)18-15(23)20-7-5-19(6-8-20)14(21)12-2-1-9-22-12/h1-4,9-10H,5-8H2,(H,17,18,23). The molecule has 0 aromatic carbocycles. The number of hydrogen-bond acceptors (Lipinski definition) is 4. The number of thiocarbonyl (C=S) groups is 1. The number of nitrogens with zero attached hydrogens (tertiary/aromatic N) is 3. The normalized spacial score (nSPS) is 14.7. The summed E-state index contributed by atoms with van der Waals surface area (Å²) in [5.74, 6) is 0.879. The van der Waals surface area contributed by atoms with Gasteiger partial charge in [0.2, 0.25) is 0 Å². The summed E-state index contributed by atoms with van der Waals surface area (Å²) in [6, 6.07) is 6.80. The Labute approximate surface area is 144 Å². The van der Waals surface area contributed by atoms with Crippen molar-refractivity contribution in [3.05, 3.63) is 47.5 Å². The lowest BCUT2D eigenvalue weighted by atomic mass is 10.3. The lowest BCUT2D eigenvalue weighted by Crippen LogP contribution is -2.51. The first-order valence-corrected chi connectivity index (χ1v) is 7.92. The fourth-order valence-corrected chi connectivity index (χ4v) is 2.78. The van der Waals surface area contributed by atoms with Crippen molar-refractivity contribution in [2.45, 2.75) is 0 Å². The maximum atomic E-state index is 12.2. The molecule has 0 atom stereocenters. The Kier molecular flexibility index (Phi) is 4.78. The first-order chi connectivity index (χ1) is 11.1. The minimum absolute atomic E-state index is 0.0926. The van der Waals surface area contributed by atoms with Crippen LogP contribution in [0.15, 0.2) is 41.1 Å². The molecule has 120 valence electrons. The molecule has 1 aliphatic heterocycles. The van der Waals surface area contributed by atoms with E-state index in [4.69, 9.17) is 28.2 Å². The second kappa shape index (κ2) is 6.97. The Morgan fingerprint density at radius 1 is 1.26 bits per heavy atom. The molecule has 3 heterocycles. The predicted octanol–water partition coefficient (Wildman–Crippen LogP) is 2.48. The number of aromatic nitrogens is 1. The first-order valence-electron chi connectivity index (χ1n) is 7.14. The van der Waals surface area contributed by atoms with Gasteiger partial charge in [0.05, 0.1) is 6.26 Å². The average Bonchev–Trinajstić information content (AvgIpc) is 3.09. The zero-order chi connectivity index (χ0) is 16.2. The molecule has 0 aliphatic carbocycles. The van der Waals surface area contributed by atoms with Gasteiger partial charge in [0.1, 0.15) is 5.82 Å². The van der Waals surface area contributed by atoms with E-state index in [1.54, 1.807) is 35.4 Å². The number of nitrogens with one attached hydrogen (secondary N) is 1. The number of carbonyl (C=O) groups is 1. The Hall–Kier alpha value is -2.12. The number of hydrogen-bond donors (Lipinski definition) is 1. The van der Waals surface area contributed by atoms with Crippen LogP contribution >= 0.6 is 23.8 Å². The van der Waals surface area contributed by atoms with Gasteiger partial charge in [-0.2, -0.15) is 0 Å². The minimum atomic E-state index is -0.0926. The fourth-order valence-electron chi connectivity index (χ4n) is 2.33. The van der Waals surface area contributed by atoms with Crippen LogP contribution in [0.4, 0.5) is 5.82 Å². The number of anilines is 1. The van der Waals surface area contributed by atoms with E-state index in [1.807, 2.05) is 4.90 Å². The summed E-state index contributed by atoms with van der Waals surface area (Å²) in [5, 5.41) is 4.23. The van der Waals surface area contributed by atoms with Crippen LogP contribution in [0.1, 0.15) is 10.6 Å². The van der Waals surface area contributed by atoms with E-state index < -0.39 is 0 Å². The molecule has 1 amide bonds. The van der Waals surface area contributed by atoms with E-state index >= 15 is 0 Å². The number of furan rings is 1. The number of piperazine rings is 1. The van der Waals surface area contributed by atoms with Crippen LogP contribution in [0, 0.1) is 0 Å². The van der Waals surface area contributed by atoms with Crippen LogP contribution < -0.4 is 5.32 Å². The molecule has 3 rings (SSSR count). The van der Waals surface area contributed by atoms with Crippen molar-refractivity contribution in [2.24, 2.45) is 0 Å². The molecular formula is C15H15ClN4O2S. The number of rotatable bonds is 2. The lowest BCUT2D eigenvalue weighted by Gasteiger charge is -2.35. The van der Waals surface area contributed by atoms with Gasteiger partial charge in [-0.25, -0.2) is 4.98 Å². The van der Waals surface area contributed by atoms with Crippen LogP contribution in [-0.4, -0.2) is 52.0 Å². The highest BCUT2D eigenvalue weighted by molar-refractivity contribution is 7.80. The number of halogens is 1. The summed E-state index contributed by atoms with van der Waals surface area (Å²) in [4.78, 5) is 20.1. The molecule has 1 aliphatic rings. The molecule has 1 N–H and O–H groups in total. The summed E-state index contributed by atoms with van der Waals surface area (Å²) in [5.41, 5.74) is 0. The third-order valence-electron chi connectivity index (χ3n) is 3.54. The van der Waals surface area contributed by atoms with Crippen molar-refractivity contribution in [3.63, 3.8) is 0 Å². The van der Waals surface area contributed by atoms with Gasteiger partial charge in [-0.05, 0) is 36.5 Å². The number of amides is 1. The van der Waals surface area contributed by atoms with Gasteiger partial charge in [0, 0.05) is 37.4 Å². The summed E-state index contributed by atoms with van der Waals surface area (Å²) in [6.07, 6.45) is 3.12. The van der Waals surface area contributed by atoms with Gasteiger partial charge in [0.15, 0.2) is 10.9 Å². The summed E-state index contributed by atoms with van der Waals surface area (Å²) in [7, 11) is 0. The van der Waals surface area contributed by atoms with Crippen LogP contribution in [-0.2, 0) is 0 Å². The summed E-state index contributed by atoms with van der Waals surface area (Å²) in [6.45, 7) is 2.48. The van der Waals surface area contributed by atoms with Gasteiger partial charge in [0.25, 0.3) is 5.91 Å². The molecule has 0 saturated carbocycles. The molecular weight excluding hydrogens is 336 g/mol. The number of pyridine rings is 1. The van der Waals surface area contributed by atoms with E-state index in [2.05, 4.69) is 10.3 Å². The van der Waals surface area contributed by atoms with Crippen molar-refractivity contribution >= 4 is 40.7 Å². The van der Waals surface area contributed by atoms with Crippen LogP contribution in [0.3, 0.4) is 0 Å². The molecule has 6 nitrogen and oxygen atoms in total. The Bertz CT molecular complexity index is 699. The second-order valence-corrected chi connectivity index (χ2v) is 5.87. The molecule has 0 radical (unpaired) electrons. The lowest BCUT2D eigenvalue weighted by molar-refractivity contribution is 0.0661. The SMILES string of the molecule is O=C(c1ccco1)N1CCN(C(=S)Nc2cc(Cl)ccn2)CC1. The highest BCUT2D eigenvalue weighted by Crippen LogP contribution is 2.14. The molecule has 2 aromatic rings. The molecule has 0 unspecified atom stereocenters. The van der Waals surface area contributed by atoms with Crippen LogP contribution in [0.5, 0.6) is 0 Å². The summed E-state index contributed by atoms with van der Waals surface area (Å²) >= 11 is 11.3. The van der Waals surface area contributed by atoms with Crippen molar-refractivity contribution in [1.29, 1.82) is 0 Å². The molecule has 1 fully saturated rings. The minimum Gasteiger partial charge on any atom is -0.459 e. The predicted molar refractivity (Wildman–Crippen MR) is 91.7 cm³/mol. The summed E-state index contributed by atoms with van der Waals surface area (Å²) < 4.78 is 5.15. The van der Waals surface area contributed by atoms with Crippen molar-refractivity contribution in [2.75, 3.05) is 31.5 Å². The smallest absolute Gasteiger partial charge is 0.289 e. The first kappa shape index (κ1) is 15.8. The molecule has 2 aromatic heterocycles. The second-order valence-electron chi connectivity index (χ2n) is 5.05. The van der Waals surface area contributed by atoms with Crippen molar-refractivity contribution in [1.82, 2.24) is 14.8 Å². The topological polar surface area (TPSA) is 61.6 Å². The van der Waals surface area contributed by atoms with Gasteiger partial charge in [-0.1, -0.05) is 11.6 Å². The maximum absolute atomic E-state index is 12.2. The van der Waals surface area contributed by atoms with E-state index in [0.717, 1.165) is 0 Å². The monoisotopic (exact) mass is 350 g/mol.